The average Bonchev–Trinajstić information content (AvgIpc) is 3.01. The second kappa shape index (κ2) is 3.56. The second-order valence-electron chi connectivity index (χ2n) is 5.31. The Bertz CT molecular complexity index is 417. The molecule has 5 heteroatoms. The maximum Gasteiger partial charge on any atom is 0.225 e. The van der Waals surface area contributed by atoms with Crippen molar-refractivity contribution in [1.29, 1.82) is 0 Å². The summed E-state index contributed by atoms with van der Waals surface area (Å²) in [6, 6.07) is 1.28. The van der Waals surface area contributed by atoms with Crippen LogP contribution in [0.3, 0.4) is 0 Å². The van der Waals surface area contributed by atoms with Gasteiger partial charge in [0.15, 0.2) is 0 Å². The summed E-state index contributed by atoms with van der Waals surface area (Å²) in [5.41, 5.74) is 0. The zero-order valence-corrected chi connectivity index (χ0v) is 10.3. The van der Waals surface area contributed by atoms with E-state index in [1.54, 1.807) is 12.4 Å². The van der Waals surface area contributed by atoms with Crippen LogP contribution in [0.5, 0.6) is 0 Å². The number of halogens is 1. The number of rotatable bonds is 1. The number of aromatic nitrogens is 2. The topological polar surface area (TPSA) is 41.1 Å². The molecule has 4 atom stereocenters. The van der Waals surface area contributed by atoms with Gasteiger partial charge in [0.1, 0.15) is 0 Å². The molecule has 3 aliphatic rings. The van der Waals surface area contributed by atoms with Crippen LogP contribution in [0.1, 0.15) is 12.8 Å². The summed E-state index contributed by atoms with van der Waals surface area (Å²) >= 11 is 5.85. The first kappa shape index (κ1) is 10.1. The van der Waals surface area contributed by atoms with E-state index in [1.165, 1.54) is 12.8 Å². The van der Waals surface area contributed by atoms with Gasteiger partial charge in [-0.1, -0.05) is 11.6 Å². The lowest BCUT2D eigenvalue weighted by Crippen LogP contribution is -2.35. The van der Waals surface area contributed by atoms with Crippen molar-refractivity contribution in [2.45, 2.75) is 24.9 Å². The Labute approximate surface area is 105 Å². The summed E-state index contributed by atoms with van der Waals surface area (Å²) in [6.45, 7) is 2.33. The number of fused-ring (bicyclic) bond motifs is 5. The van der Waals surface area contributed by atoms with Crippen molar-refractivity contribution in [3.05, 3.63) is 17.4 Å². The molecule has 3 aliphatic heterocycles. The molecular formula is C12H15ClN4. The Balaban J connectivity index is 1.69. The quantitative estimate of drug-likeness (QED) is 0.816. The van der Waals surface area contributed by atoms with E-state index < -0.39 is 0 Å². The van der Waals surface area contributed by atoms with Gasteiger partial charge < -0.3 is 10.2 Å². The highest BCUT2D eigenvalue weighted by Crippen LogP contribution is 2.48. The number of nitrogens with one attached hydrogen (secondary N) is 1. The van der Waals surface area contributed by atoms with Gasteiger partial charge >= 0.3 is 0 Å². The number of hydrogen-bond acceptors (Lipinski definition) is 4. The molecule has 17 heavy (non-hydrogen) atoms. The summed E-state index contributed by atoms with van der Waals surface area (Å²) in [4.78, 5) is 11.2. The van der Waals surface area contributed by atoms with Gasteiger partial charge in [0, 0.05) is 25.2 Å². The van der Waals surface area contributed by atoms with Crippen molar-refractivity contribution in [3.63, 3.8) is 0 Å². The SMILES string of the molecule is Clc1cnc(N2[C@@H]3CC[C@H]2[C@H]2CNC[C@H]23)nc1. The monoisotopic (exact) mass is 250 g/mol. The predicted molar refractivity (Wildman–Crippen MR) is 66.2 cm³/mol. The van der Waals surface area contributed by atoms with E-state index in [-0.39, 0.29) is 0 Å². The van der Waals surface area contributed by atoms with Gasteiger partial charge in [-0.3, -0.25) is 0 Å². The molecule has 1 N–H and O–H groups in total. The van der Waals surface area contributed by atoms with Crippen molar-refractivity contribution < 1.29 is 0 Å². The van der Waals surface area contributed by atoms with Crippen LogP contribution in [-0.4, -0.2) is 35.1 Å². The normalized spacial score (nSPS) is 38.8. The molecule has 4 heterocycles. The summed E-state index contributed by atoms with van der Waals surface area (Å²) < 4.78 is 0. The van der Waals surface area contributed by atoms with Crippen molar-refractivity contribution in [3.8, 4) is 0 Å². The Kier molecular flexibility index (Phi) is 2.11. The summed E-state index contributed by atoms with van der Waals surface area (Å²) in [6.07, 6.45) is 5.99. The van der Waals surface area contributed by atoms with Gasteiger partial charge in [-0.25, -0.2) is 9.97 Å². The van der Waals surface area contributed by atoms with Crippen molar-refractivity contribution in [2.75, 3.05) is 18.0 Å². The highest BCUT2D eigenvalue weighted by molar-refractivity contribution is 6.30. The van der Waals surface area contributed by atoms with Gasteiger partial charge in [-0.15, -0.1) is 0 Å². The Hall–Kier alpha value is -0.870. The summed E-state index contributed by atoms with van der Waals surface area (Å²) in [5, 5.41) is 4.13. The molecule has 0 unspecified atom stereocenters. The zero-order chi connectivity index (χ0) is 11.4. The van der Waals surface area contributed by atoms with E-state index in [4.69, 9.17) is 11.6 Å². The van der Waals surface area contributed by atoms with Crippen LogP contribution >= 0.6 is 11.6 Å². The lowest BCUT2D eigenvalue weighted by atomic mass is 9.82. The molecule has 4 rings (SSSR count). The third-order valence-corrected chi connectivity index (χ3v) is 4.80. The molecule has 0 aliphatic carbocycles. The largest absolute Gasteiger partial charge is 0.334 e. The minimum Gasteiger partial charge on any atom is -0.334 e. The van der Waals surface area contributed by atoms with Crippen LogP contribution in [0.2, 0.25) is 5.02 Å². The van der Waals surface area contributed by atoms with Crippen LogP contribution in [-0.2, 0) is 0 Å². The lowest BCUT2D eigenvalue weighted by Gasteiger charge is -2.24. The fourth-order valence-electron chi connectivity index (χ4n) is 4.00. The van der Waals surface area contributed by atoms with Crippen LogP contribution in [0.4, 0.5) is 5.95 Å². The Morgan fingerprint density at radius 2 is 1.71 bits per heavy atom. The minimum atomic E-state index is 0.613. The standard InChI is InChI=1S/C12H15ClN4/c13-7-3-15-12(16-4-7)17-10-1-2-11(17)9-6-14-5-8(9)10/h3-4,8-11,14H,1-2,5-6H2/t8-,9+,10-,11+. The molecule has 0 aromatic carbocycles. The van der Waals surface area contributed by atoms with Crippen molar-refractivity contribution in [2.24, 2.45) is 11.8 Å². The number of anilines is 1. The first-order chi connectivity index (χ1) is 8.34. The predicted octanol–water partition coefficient (Wildman–Crippen LogP) is 1.32. The third kappa shape index (κ3) is 1.34. The molecule has 2 bridgehead atoms. The molecule has 0 spiro atoms. The summed E-state index contributed by atoms with van der Waals surface area (Å²) in [5.74, 6) is 2.47. The molecule has 90 valence electrons. The molecule has 3 saturated heterocycles. The van der Waals surface area contributed by atoms with Gasteiger partial charge in [0.05, 0.1) is 17.4 Å². The smallest absolute Gasteiger partial charge is 0.225 e. The van der Waals surface area contributed by atoms with E-state index in [1.807, 2.05) is 0 Å². The summed E-state index contributed by atoms with van der Waals surface area (Å²) in [7, 11) is 0. The fraction of sp³-hybridized carbons (Fsp3) is 0.667. The first-order valence-electron chi connectivity index (χ1n) is 6.31. The zero-order valence-electron chi connectivity index (χ0n) is 9.51. The maximum atomic E-state index is 5.85. The molecule has 1 aromatic heterocycles. The number of nitrogens with zero attached hydrogens (tertiary/aromatic N) is 3. The van der Waals surface area contributed by atoms with Gasteiger partial charge in [-0.2, -0.15) is 0 Å². The Morgan fingerprint density at radius 3 is 2.29 bits per heavy atom. The van der Waals surface area contributed by atoms with E-state index in [9.17, 15) is 0 Å². The highest BCUT2D eigenvalue weighted by Gasteiger charge is 2.55. The highest BCUT2D eigenvalue weighted by atomic mass is 35.5. The van der Waals surface area contributed by atoms with Gasteiger partial charge in [0.25, 0.3) is 0 Å². The Morgan fingerprint density at radius 1 is 1.12 bits per heavy atom. The van der Waals surface area contributed by atoms with Crippen LogP contribution in [0, 0.1) is 11.8 Å². The van der Waals surface area contributed by atoms with Crippen molar-refractivity contribution in [1.82, 2.24) is 15.3 Å². The lowest BCUT2D eigenvalue weighted by molar-refractivity contribution is 0.354. The van der Waals surface area contributed by atoms with Crippen molar-refractivity contribution >= 4 is 17.5 Å². The minimum absolute atomic E-state index is 0.613. The molecule has 3 fully saturated rings. The third-order valence-electron chi connectivity index (χ3n) is 4.61. The van der Waals surface area contributed by atoms with E-state index in [2.05, 4.69) is 20.2 Å². The number of hydrogen-bond donors (Lipinski definition) is 1. The molecular weight excluding hydrogens is 236 g/mol. The van der Waals surface area contributed by atoms with Crippen LogP contribution in [0.25, 0.3) is 0 Å². The second-order valence-corrected chi connectivity index (χ2v) is 5.74. The molecule has 0 amide bonds. The van der Waals surface area contributed by atoms with Crippen LogP contribution in [0.15, 0.2) is 12.4 Å². The maximum absolute atomic E-state index is 5.85. The first-order valence-corrected chi connectivity index (χ1v) is 6.69. The van der Waals surface area contributed by atoms with Gasteiger partial charge in [-0.05, 0) is 24.7 Å². The fourth-order valence-corrected chi connectivity index (χ4v) is 4.10. The molecule has 0 radical (unpaired) electrons. The molecule has 1 aromatic rings. The van der Waals surface area contributed by atoms with Gasteiger partial charge in [0.2, 0.25) is 5.95 Å². The van der Waals surface area contributed by atoms with E-state index in [0.717, 1.165) is 30.9 Å². The van der Waals surface area contributed by atoms with E-state index >= 15 is 0 Å². The van der Waals surface area contributed by atoms with E-state index in [0.29, 0.717) is 17.1 Å². The molecule has 4 nitrogen and oxygen atoms in total. The van der Waals surface area contributed by atoms with Crippen LogP contribution < -0.4 is 10.2 Å². The molecule has 0 saturated carbocycles. The average molecular weight is 251 g/mol.